The molecule has 10 heteroatoms. The molecule has 1 unspecified atom stereocenters. The zero-order valence-electron chi connectivity index (χ0n) is 20.4. The summed E-state index contributed by atoms with van der Waals surface area (Å²) in [6, 6.07) is 22.1. The molecule has 0 aromatic heterocycles. The van der Waals surface area contributed by atoms with Crippen molar-refractivity contribution in [2.45, 2.75) is 19.2 Å². The fourth-order valence-corrected chi connectivity index (χ4v) is 5.07. The highest BCUT2D eigenvalue weighted by Crippen LogP contribution is 2.36. The number of nitrogens with zero attached hydrogens (tertiary/aromatic N) is 5. The van der Waals surface area contributed by atoms with Crippen LogP contribution in [0.3, 0.4) is 0 Å². The van der Waals surface area contributed by atoms with E-state index in [9.17, 15) is 20.2 Å². The van der Waals surface area contributed by atoms with Gasteiger partial charge in [-0.05, 0) is 30.2 Å². The van der Waals surface area contributed by atoms with Crippen LogP contribution in [0.5, 0.6) is 0 Å². The smallest absolute Gasteiger partial charge is 0.292 e. The van der Waals surface area contributed by atoms with Crippen LogP contribution < -0.4 is 9.80 Å². The van der Waals surface area contributed by atoms with E-state index in [-0.39, 0.29) is 22.5 Å². The zero-order chi connectivity index (χ0) is 25.8. The summed E-state index contributed by atoms with van der Waals surface area (Å²) in [5, 5.41) is 23.0. The first-order valence-electron chi connectivity index (χ1n) is 12.4. The van der Waals surface area contributed by atoms with Gasteiger partial charge >= 0.3 is 0 Å². The minimum absolute atomic E-state index is 0.0578. The van der Waals surface area contributed by atoms with Crippen LogP contribution >= 0.6 is 0 Å². The second-order valence-corrected chi connectivity index (χ2v) is 9.29. The third-order valence-corrected chi connectivity index (χ3v) is 6.95. The predicted molar refractivity (Wildman–Crippen MR) is 141 cm³/mol. The largest absolute Gasteiger partial charge is 0.368 e. The van der Waals surface area contributed by atoms with Gasteiger partial charge in [0, 0.05) is 68.7 Å². The van der Waals surface area contributed by atoms with Gasteiger partial charge in [0.15, 0.2) is 0 Å². The first-order chi connectivity index (χ1) is 18.0. The van der Waals surface area contributed by atoms with Gasteiger partial charge in [-0.1, -0.05) is 36.4 Å². The fraction of sp³-hybridized carbons (Fsp3) is 0.333. The van der Waals surface area contributed by atoms with E-state index in [2.05, 4.69) is 21.9 Å². The molecule has 2 aliphatic rings. The lowest BCUT2D eigenvalue weighted by molar-refractivity contribution is -0.384. The predicted octanol–water partition coefficient (Wildman–Crippen LogP) is 4.75. The molecule has 0 aliphatic carbocycles. The number of benzene rings is 3. The molecule has 1 atom stereocenters. The minimum atomic E-state index is -0.413. The Balaban J connectivity index is 1.31. The standard InChI is InChI=1S/C27H29N5O5/c33-31(34)24-10-8-23(9-11-24)28-14-16-29(17-15-28)25-12-7-22(19-26(25)32(35)36)27-30(13-4-18-37-27)20-21-5-2-1-3-6-21/h1-3,5-12,19,27H,4,13-18,20H2. The second-order valence-electron chi connectivity index (χ2n) is 9.29. The Morgan fingerprint density at radius 1 is 0.811 bits per heavy atom. The summed E-state index contributed by atoms with van der Waals surface area (Å²) in [6.45, 7) is 4.73. The van der Waals surface area contributed by atoms with Crippen molar-refractivity contribution in [1.29, 1.82) is 0 Å². The van der Waals surface area contributed by atoms with E-state index >= 15 is 0 Å². The summed E-state index contributed by atoms with van der Waals surface area (Å²) in [7, 11) is 0. The molecule has 0 radical (unpaired) electrons. The van der Waals surface area contributed by atoms with Crippen molar-refractivity contribution in [2.24, 2.45) is 0 Å². The molecule has 2 heterocycles. The molecule has 0 bridgehead atoms. The van der Waals surface area contributed by atoms with Crippen LogP contribution in [0.25, 0.3) is 0 Å². The van der Waals surface area contributed by atoms with E-state index < -0.39 is 4.92 Å². The van der Waals surface area contributed by atoms with Crippen molar-refractivity contribution in [3.8, 4) is 0 Å². The number of piperazine rings is 1. The van der Waals surface area contributed by atoms with Crippen molar-refractivity contribution in [1.82, 2.24) is 4.90 Å². The number of anilines is 2. The number of hydrogen-bond acceptors (Lipinski definition) is 8. The van der Waals surface area contributed by atoms with Crippen LogP contribution in [0, 0.1) is 20.2 Å². The molecule has 5 rings (SSSR count). The molecule has 192 valence electrons. The van der Waals surface area contributed by atoms with Crippen LogP contribution in [0.15, 0.2) is 72.8 Å². The highest BCUT2D eigenvalue weighted by Gasteiger charge is 2.29. The molecule has 2 aliphatic heterocycles. The molecule has 2 fully saturated rings. The number of non-ortho nitro benzene ring substituents is 1. The molecule has 3 aromatic rings. The monoisotopic (exact) mass is 503 g/mol. The lowest BCUT2D eigenvalue weighted by atomic mass is 10.1. The van der Waals surface area contributed by atoms with Crippen LogP contribution in [0.4, 0.5) is 22.7 Å². The fourth-order valence-electron chi connectivity index (χ4n) is 5.07. The average molecular weight is 504 g/mol. The molecule has 0 N–H and O–H groups in total. The Kier molecular flexibility index (Phi) is 7.29. The maximum absolute atomic E-state index is 12.1. The Bertz CT molecular complexity index is 1250. The number of hydrogen-bond donors (Lipinski definition) is 0. The van der Waals surface area contributed by atoms with E-state index in [0.29, 0.717) is 45.0 Å². The molecule has 3 aromatic carbocycles. The Morgan fingerprint density at radius 2 is 1.51 bits per heavy atom. The number of nitro benzene ring substituents is 2. The van der Waals surface area contributed by atoms with Crippen molar-refractivity contribution >= 4 is 22.7 Å². The van der Waals surface area contributed by atoms with Gasteiger partial charge < -0.3 is 14.5 Å². The summed E-state index contributed by atoms with van der Waals surface area (Å²) < 4.78 is 6.10. The van der Waals surface area contributed by atoms with Crippen LogP contribution in [0.1, 0.15) is 23.8 Å². The molecular formula is C27H29N5O5. The molecule has 37 heavy (non-hydrogen) atoms. The van der Waals surface area contributed by atoms with Gasteiger partial charge in [0.25, 0.3) is 11.4 Å². The van der Waals surface area contributed by atoms with Crippen molar-refractivity contribution < 1.29 is 14.6 Å². The highest BCUT2D eigenvalue weighted by atomic mass is 16.6. The van der Waals surface area contributed by atoms with Gasteiger partial charge in [-0.3, -0.25) is 25.1 Å². The number of ether oxygens (including phenoxy) is 1. The van der Waals surface area contributed by atoms with Gasteiger partial charge in [0.2, 0.25) is 0 Å². The van der Waals surface area contributed by atoms with E-state index in [1.807, 2.05) is 35.2 Å². The van der Waals surface area contributed by atoms with E-state index in [0.717, 1.165) is 24.2 Å². The zero-order valence-corrected chi connectivity index (χ0v) is 20.4. The van der Waals surface area contributed by atoms with Gasteiger partial charge in [-0.15, -0.1) is 0 Å². The van der Waals surface area contributed by atoms with E-state index in [4.69, 9.17) is 4.74 Å². The van der Waals surface area contributed by atoms with Crippen molar-refractivity contribution in [3.63, 3.8) is 0 Å². The lowest BCUT2D eigenvalue weighted by Gasteiger charge is -2.38. The molecule has 2 saturated heterocycles. The summed E-state index contributed by atoms with van der Waals surface area (Å²) in [5.74, 6) is 0. The van der Waals surface area contributed by atoms with Gasteiger partial charge in [0.1, 0.15) is 11.9 Å². The van der Waals surface area contributed by atoms with Gasteiger partial charge in [-0.2, -0.15) is 0 Å². The third-order valence-electron chi connectivity index (χ3n) is 6.95. The number of rotatable bonds is 7. The van der Waals surface area contributed by atoms with Crippen LogP contribution in [0.2, 0.25) is 0 Å². The summed E-state index contributed by atoms with van der Waals surface area (Å²) in [6.07, 6.45) is 0.587. The molecule has 10 nitrogen and oxygen atoms in total. The third kappa shape index (κ3) is 5.55. The maximum Gasteiger partial charge on any atom is 0.292 e. The van der Waals surface area contributed by atoms with E-state index in [1.54, 1.807) is 18.2 Å². The molecular weight excluding hydrogens is 474 g/mol. The first kappa shape index (κ1) is 24.7. The van der Waals surface area contributed by atoms with Crippen LogP contribution in [-0.4, -0.2) is 54.1 Å². The Morgan fingerprint density at radius 3 is 2.19 bits per heavy atom. The minimum Gasteiger partial charge on any atom is -0.368 e. The first-order valence-corrected chi connectivity index (χ1v) is 12.4. The topological polar surface area (TPSA) is 105 Å². The molecule has 0 amide bonds. The normalized spacial score (nSPS) is 18.5. The summed E-state index contributed by atoms with van der Waals surface area (Å²) in [4.78, 5) is 28.7. The summed E-state index contributed by atoms with van der Waals surface area (Å²) in [5.41, 5.74) is 3.61. The van der Waals surface area contributed by atoms with Crippen molar-refractivity contribution in [3.05, 3.63) is 104 Å². The quantitative estimate of drug-likeness (QED) is 0.336. The van der Waals surface area contributed by atoms with E-state index in [1.165, 1.54) is 17.7 Å². The van der Waals surface area contributed by atoms with Crippen molar-refractivity contribution in [2.75, 3.05) is 49.1 Å². The van der Waals surface area contributed by atoms with Gasteiger partial charge in [0.05, 0.1) is 16.5 Å². The SMILES string of the molecule is O=[N+]([O-])c1ccc(N2CCN(c3ccc(C4OCCCN4Cc4ccccc4)cc3[N+](=O)[O-])CC2)cc1. The molecule has 0 spiro atoms. The number of nitro groups is 2. The average Bonchev–Trinajstić information content (AvgIpc) is 2.94. The van der Waals surface area contributed by atoms with Crippen LogP contribution in [-0.2, 0) is 11.3 Å². The Labute approximate surface area is 215 Å². The Hall–Kier alpha value is -4.02. The molecule has 0 saturated carbocycles. The second kappa shape index (κ2) is 10.9. The highest BCUT2D eigenvalue weighted by molar-refractivity contribution is 5.65. The van der Waals surface area contributed by atoms with Gasteiger partial charge in [-0.25, -0.2) is 0 Å². The maximum atomic E-state index is 12.1. The lowest BCUT2D eigenvalue weighted by Crippen LogP contribution is -2.46. The summed E-state index contributed by atoms with van der Waals surface area (Å²) >= 11 is 0.